The number of nitrogens with zero attached hydrogens (tertiary/aromatic N) is 1. The van der Waals surface area contributed by atoms with Crippen molar-refractivity contribution < 1.29 is 10.2 Å². The Morgan fingerprint density at radius 2 is 2.22 bits per heavy atom. The molecule has 0 amide bonds. The molecule has 18 heavy (non-hydrogen) atoms. The highest BCUT2D eigenvalue weighted by Crippen LogP contribution is 2.37. The van der Waals surface area contributed by atoms with Gasteiger partial charge in [-0.3, -0.25) is 0 Å². The minimum Gasteiger partial charge on any atom is -0.508 e. The number of hydrogen-bond donors (Lipinski definition) is 2. The average Bonchev–Trinajstić information content (AvgIpc) is 2.49. The van der Waals surface area contributed by atoms with Crippen LogP contribution in [0.2, 0.25) is 0 Å². The van der Waals surface area contributed by atoms with Crippen LogP contribution in [0.4, 0.5) is 0 Å². The zero-order valence-electron chi connectivity index (χ0n) is 11.3. The fourth-order valence-corrected chi connectivity index (χ4v) is 3.15. The van der Waals surface area contributed by atoms with Gasteiger partial charge in [0.2, 0.25) is 0 Å². The Morgan fingerprint density at radius 1 is 1.44 bits per heavy atom. The third-order valence-corrected chi connectivity index (χ3v) is 4.26. The number of aliphatic hydroxyl groups excluding tert-OH is 1. The molecule has 0 spiro atoms. The predicted octanol–water partition coefficient (Wildman–Crippen LogP) is 2.13. The second-order valence-electron chi connectivity index (χ2n) is 5.46. The summed E-state index contributed by atoms with van der Waals surface area (Å²) in [5.41, 5.74) is 0.788. The number of rotatable bonds is 2. The molecule has 2 atom stereocenters. The van der Waals surface area contributed by atoms with Crippen molar-refractivity contribution >= 4 is 0 Å². The highest BCUT2D eigenvalue weighted by molar-refractivity contribution is 5.35. The molecule has 0 radical (unpaired) electrons. The molecule has 0 bridgehead atoms. The molecule has 2 rings (SSSR count). The van der Waals surface area contributed by atoms with Crippen molar-refractivity contribution in [1.29, 1.82) is 0 Å². The van der Waals surface area contributed by atoms with Crippen LogP contribution >= 0.6 is 0 Å². The Hall–Kier alpha value is -1.06. The summed E-state index contributed by atoms with van der Waals surface area (Å²) in [4.78, 5) is 2.28. The molecule has 2 N–H and O–H groups in total. The van der Waals surface area contributed by atoms with Gasteiger partial charge in [-0.1, -0.05) is 19.1 Å². The summed E-state index contributed by atoms with van der Waals surface area (Å²) in [6.07, 6.45) is 2.39. The lowest BCUT2D eigenvalue weighted by atomic mass is 9.72. The van der Waals surface area contributed by atoms with E-state index in [4.69, 9.17) is 0 Å². The van der Waals surface area contributed by atoms with Gasteiger partial charge in [-0.15, -0.1) is 0 Å². The lowest BCUT2D eigenvalue weighted by Gasteiger charge is -2.38. The third-order valence-electron chi connectivity index (χ3n) is 4.26. The highest BCUT2D eigenvalue weighted by atomic mass is 16.3. The molecule has 0 aliphatic carbocycles. The fraction of sp³-hybridized carbons (Fsp3) is 0.600. The number of likely N-dealkylation sites (N-methyl/N-ethyl adjacent to an activating group) is 1. The normalized spacial score (nSPS) is 30.1. The van der Waals surface area contributed by atoms with E-state index in [1.807, 2.05) is 12.1 Å². The smallest absolute Gasteiger partial charge is 0.115 e. The highest BCUT2D eigenvalue weighted by Gasteiger charge is 2.40. The van der Waals surface area contributed by atoms with Crippen molar-refractivity contribution in [1.82, 2.24) is 4.90 Å². The fourth-order valence-electron chi connectivity index (χ4n) is 3.15. The number of aromatic hydroxyl groups is 1. The molecule has 3 nitrogen and oxygen atoms in total. The molecule has 1 aromatic carbocycles. The van der Waals surface area contributed by atoms with Gasteiger partial charge in [-0.2, -0.15) is 0 Å². The average molecular weight is 249 g/mol. The Balaban J connectivity index is 2.43. The zero-order valence-corrected chi connectivity index (χ0v) is 11.3. The first-order valence-corrected chi connectivity index (χ1v) is 6.74. The summed E-state index contributed by atoms with van der Waals surface area (Å²) >= 11 is 0. The monoisotopic (exact) mass is 249 g/mol. The molecule has 1 aliphatic rings. The van der Waals surface area contributed by atoms with E-state index < -0.39 is 0 Å². The van der Waals surface area contributed by atoms with Gasteiger partial charge in [0.05, 0.1) is 6.10 Å². The SMILES string of the molecule is CC[C@@]1(c2cccc(O)c2)CN(C)CCC[C@H]1O. The number of aliphatic hydroxyl groups is 1. The van der Waals surface area contributed by atoms with Gasteiger partial charge < -0.3 is 15.1 Å². The Bertz CT molecular complexity index is 407. The maximum absolute atomic E-state index is 10.6. The molecule has 1 saturated heterocycles. The lowest BCUT2D eigenvalue weighted by Crippen LogP contribution is -2.45. The van der Waals surface area contributed by atoms with Gasteiger partial charge in [0.1, 0.15) is 5.75 Å². The number of phenolic OH excluding ortho intramolecular Hbond substituents is 1. The quantitative estimate of drug-likeness (QED) is 0.844. The number of likely N-dealkylation sites (tertiary alicyclic amines) is 1. The summed E-state index contributed by atoms with van der Waals surface area (Å²) in [6, 6.07) is 7.36. The summed E-state index contributed by atoms with van der Waals surface area (Å²) in [5.74, 6) is 0.277. The van der Waals surface area contributed by atoms with E-state index in [0.717, 1.165) is 37.9 Å². The van der Waals surface area contributed by atoms with Crippen molar-refractivity contribution in [3.8, 4) is 5.75 Å². The van der Waals surface area contributed by atoms with E-state index in [1.165, 1.54) is 0 Å². The molecule has 0 aromatic heterocycles. The van der Waals surface area contributed by atoms with Gasteiger partial charge in [0.25, 0.3) is 0 Å². The summed E-state index contributed by atoms with van der Waals surface area (Å²) in [5, 5.41) is 20.2. The van der Waals surface area contributed by atoms with E-state index in [2.05, 4.69) is 18.9 Å². The first kappa shape index (κ1) is 13.4. The van der Waals surface area contributed by atoms with Crippen molar-refractivity contribution in [2.45, 2.75) is 37.7 Å². The molecule has 3 heteroatoms. The molecule has 1 aliphatic heterocycles. The van der Waals surface area contributed by atoms with Crippen LogP contribution in [0, 0.1) is 0 Å². The van der Waals surface area contributed by atoms with Crippen molar-refractivity contribution in [2.24, 2.45) is 0 Å². The Morgan fingerprint density at radius 3 is 2.89 bits per heavy atom. The summed E-state index contributed by atoms with van der Waals surface area (Å²) in [6.45, 7) is 3.98. The Kier molecular flexibility index (Phi) is 3.93. The first-order valence-electron chi connectivity index (χ1n) is 6.74. The van der Waals surface area contributed by atoms with Crippen LogP contribution in [0.1, 0.15) is 31.7 Å². The van der Waals surface area contributed by atoms with Gasteiger partial charge in [-0.05, 0) is 50.6 Å². The van der Waals surface area contributed by atoms with Crippen molar-refractivity contribution in [2.75, 3.05) is 20.1 Å². The number of phenols is 1. The molecule has 100 valence electrons. The molecule has 1 fully saturated rings. The van der Waals surface area contributed by atoms with Gasteiger partial charge >= 0.3 is 0 Å². The van der Waals surface area contributed by atoms with E-state index in [1.54, 1.807) is 12.1 Å². The maximum atomic E-state index is 10.6. The Labute approximate surface area is 109 Å². The van der Waals surface area contributed by atoms with Crippen LogP contribution in [-0.2, 0) is 5.41 Å². The van der Waals surface area contributed by atoms with E-state index in [9.17, 15) is 10.2 Å². The minimum atomic E-state index is -0.339. The standard InChI is InChI=1S/C15H23NO2/c1-3-15(12-6-4-7-13(17)10-12)11-16(2)9-5-8-14(15)18/h4,6-7,10,14,17-18H,3,5,8-9,11H2,1-2H3/t14-,15+/m1/s1. The maximum Gasteiger partial charge on any atom is 0.115 e. The first-order chi connectivity index (χ1) is 8.58. The number of hydrogen-bond acceptors (Lipinski definition) is 3. The molecular weight excluding hydrogens is 226 g/mol. The van der Waals surface area contributed by atoms with Crippen LogP contribution in [0.25, 0.3) is 0 Å². The predicted molar refractivity (Wildman–Crippen MR) is 72.8 cm³/mol. The molecular formula is C15H23NO2. The summed E-state index contributed by atoms with van der Waals surface area (Å²) in [7, 11) is 2.10. The topological polar surface area (TPSA) is 43.7 Å². The van der Waals surface area contributed by atoms with Crippen LogP contribution in [-0.4, -0.2) is 41.4 Å². The van der Waals surface area contributed by atoms with Crippen molar-refractivity contribution in [3.63, 3.8) is 0 Å². The van der Waals surface area contributed by atoms with Crippen LogP contribution < -0.4 is 0 Å². The van der Waals surface area contributed by atoms with E-state index in [0.29, 0.717) is 0 Å². The second kappa shape index (κ2) is 5.29. The summed E-state index contributed by atoms with van der Waals surface area (Å²) < 4.78 is 0. The van der Waals surface area contributed by atoms with Crippen LogP contribution in [0.5, 0.6) is 5.75 Å². The van der Waals surface area contributed by atoms with Crippen LogP contribution in [0.15, 0.2) is 24.3 Å². The molecule has 0 unspecified atom stereocenters. The lowest BCUT2D eigenvalue weighted by molar-refractivity contribution is 0.0652. The van der Waals surface area contributed by atoms with E-state index >= 15 is 0 Å². The third kappa shape index (κ3) is 2.38. The van der Waals surface area contributed by atoms with Gasteiger partial charge in [0.15, 0.2) is 0 Å². The van der Waals surface area contributed by atoms with Crippen molar-refractivity contribution in [3.05, 3.63) is 29.8 Å². The van der Waals surface area contributed by atoms with Gasteiger partial charge in [-0.25, -0.2) is 0 Å². The second-order valence-corrected chi connectivity index (χ2v) is 5.46. The van der Waals surface area contributed by atoms with E-state index in [-0.39, 0.29) is 17.3 Å². The molecule has 0 saturated carbocycles. The van der Waals surface area contributed by atoms with Gasteiger partial charge in [0, 0.05) is 12.0 Å². The number of benzene rings is 1. The minimum absolute atomic E-state index is 0.260. The largest absolute Gasteiger partial charge is 0.508 e. The molecule has 1 aromatic rings. The van der Waals surface area contributed by atoms with Crippen LogP contribution in [0.3, 0.4) is 0 Å². The molecule has 1 heterocycles. The zero-order chi connectivity index (χ0) is 13.2.